The van der Waals surface area contributed by atoms with Gasteiger partial charge in [-0.15, -0.1) is 10.2 Å². The number of rotatable bonds is 3. The van der Waals surface area contributed by atoms with Crippen LogP contribution in [0.3, 0.4) is 0 Å². The molecule has 6 heteroatoms. The molecule has 0 amide bonds. The van der Waals surface area contributed by atoms with Crippen LogP contribution < -0.4 is 0 Å². The molecule has 162 valence electrons. The fourth-order valence-corrected chi connectivity index (χ4v) is 4.83. The van der Waals surface area contributed by atoms with E-state index in [-0.39, 0.29) is 0 Å². The molecule has 0 spiro atoms. The number of aryl methyl sites for hydroxylation is 2. The maximum absolute atomic E-state index is 4.55. The van der Waals surface area contributed by atoms with Crippen molar-refractivity contribution in [2.75, 3.05) is 0 Å². The lowest BCUT2D eigenvalue weighted by Crippen LogP contribution is -2.10. The largest absolute Gasteiger partial charge is 0.221 e. The van der Waals surface area contributed by atoms with Gasteiger partial charge in [0.2, 0.25) is 0 Å². The fraction of sp³-hybridized carbons (Fsp3) is 0.667. The van der Waals surface area contributed by atoms with Crippen molar-refractivity contribution in [2.24, 2.45) is 0 Å². The number of nitrogens with zero attached hydrogens (tertiary/aromatic N) is 6. The lowest BCUT2D eigenvalue weighted by atomic mass is 10.00. The predicted octanol–water partition coefficient (Wildman–Crippen LogP) is 5.39. The average molecular weight is 409 g/mol. The number of hydrogen-bond acceptors (Lipinski definition) is 4. The van der Waals surface area contributed by atoms with Crippen LogP contribution in [0.5, 0.6) is 0 Å². The first-order valence-electron chi connectivity index (χ1n) is 11.8. The van der Waals surface area contributed by atoms with E-state index in [4.69, 9.17) is 0 Å². The predicted molar refractivity (Wildman–Crippen MR) is 121 cm³/mol. The van der Waals surface area contributed by atoms with Crippen LogP contribution >= 0.6 is 0 Å². The summed E-state index contributed by atoms with van der Waals surface area (Å²) >= 11 is 0. The zero-order valence-corrected chi connectivity index (χ0v) is 19.2. The molecule has 0 saturated heterocycles. The van der Waals surface area contributed by atoms with Crippen molar-refractivity contribution in [1.82, 2.24) is 30.0 Å². The number of fused-ring (bicyclic) bond motifs is 2. The minimum atomic E-state index is 1.06. The molecule has 2 aliphatic carbocycles. The van der Waals surface area contributed by atoms with E-state index in [1.807, 2.05) is 0 Å². The van der Waals surface area contributed by atoms with Crippen LogP contribution in [0.2, 0.25) is 0 Å². The van der Waals surface area contributed by atoms with Crippen LogP contribution in [-0.2, 0) is 25.7 Å². The van der Waals surface area contributed by atoms with Crippen LogP contribution in [0.25, 0.3) is 11.4 Å². The van der Waals surface area contributed by atoms with Crippen LogP contribution in [0.15, 0.2) is 11.1 Å². The Kier molecular flexibility index (Phi) is 6.49. The van der Waals surface area contributed by atoms with E-state index >= 15 is 0 Å². The maximum Gasteiger partial charge on any atom is 0.0863 e. The fourth-order valence-electron chi connectivity index (χ4n) is 4.83. The Bertz CT molecular complexity index is 880. The zero-order chi connectivity index (χ0) is 21.1. The van der Waals surface area contributed by atoms with Gasteiger partial charge >= 0.3 is 0 Å². The standard InChI is InChI=1S/C24H36N6/c1-17(19(3)29-23-15-11-7-5-9-13-21(23)25-27-29)18(2)20(4)30-24-16-12-8-6-10-14-22(24)26-28-30/h5-16H2,1-4H3/b19-17-,20-18-. The van der Waals surface area contributed by atoms with Crippen molar-refractivity contribution >= 4 is 11.4 Å². The number of aromatic nitrogens is 6. The van der Waals surface area contributed by atoms with Crippen molar-refractivity contribution in [1.29, 1.82) is 0 Å². The molecule has 2 aromatic rings. The summed E-state index contributed by atoms with van der Waals surface area (Å²) < 4.78 is 4.19. The zero-order valence-electron chi connectivity index (χ0n) is 19.2. The van der Waals surface area contributed by atoms with Crippen LogP contribution in [0, 0.1) is 0 Å². The summed E-state index contributed by atoms with van der Waals surface area (Å²) in [4.78, 5) is 0. The van der Waals surface area contributed by atoms with E-state index in [9.17, 15) is 0 Å². The average Bonchev–Trinajstić information content (AvgIpc) is 3.28. The van der Waals surface area contributed by atoms with Gasteiger partial charge in [0.15, 0.2) is 0 Å². The van der Waals surface area contributed by atoms with Gasteiger partial charge in [-0.1, -0.05) is 36.1 Å². The molecule has 4 rings (SSSR count). The minimum Gasteiger partial charge on any atom is -0.221 e. The van der Waals surface area contributed by atoms with Crippen molar-refractivity contribution in [3.63, 3.8) is 0 Å². The van der Waals surface area contributed by atoms with Crippen LogP contribution in [-0.4, -0.2) is 30.0 Å². The molecule has 6 nitrogen and oxygen atoms in total. The molecule has 0 unspecified atom stereocenters. The molecule has 0 fully saturated rings. The lowest BCUT2D eigenvalue weighted by molar-refractivity contribution is 0.602. The van der Waals surface area contributed by atoms with E-state index < -0.39 is 0 Å². The van der Waals surface area contributed by atoms with E-state index in [1.54, 1.807) is 0 Å². The normalized spacial score (nSPS) is 19.5. The first-order chi connectivity index (χ1) is 14.6. The minimum absolute atomic E-state index is 1.06. The molecule has 0 aliphatic heterocycles. The molecule has 0 N–H and O–H groups in total. The quantitative estimate of drug-likeness (QED) is 0.639. The number of hydrogen-bond donors (Lipinski definition) is 0. The highest BCUT2D eigenvalue weighted by Crippen LogP contribution is 2.28. The van der Waals surface area contributed by atoms with Crippen LogP contribution in [0.4, 0.5) is 0 Å². The molecular formula is C24H36N6. The molecule has 2 heterocycles. The van der Waals surface area contributed by atoms with E-state index in [1.165, 1.54) is 96.7 Å². The monoisotopic (exact) mass is 408 g/mol. The first kappa shape index (κ1) is 21.0. The second kappa shape index (κ2) is 9.27. The van der Waals surface area contributed by atoms with Gasteiger partial charge in [-0.25, -0.2) is 9.36 Å². The van der Waals surface area contributed by atoms with Gasteiger partial charge in [-0.3, -0.25) is 0 Å². The van der Waals surface area contributed by atoms with Crippen molar-refractivity contribution in [3.05, 3.63) is 33.9 Å². The second-order valence-electron chi connectivity index (χ2n) is 9.04. The molecule has 0 atom stereocenters. The Morgan fingerprint density at radius 3 is 1.30 bits per heavy atom. The van der Waals surface area contributed by atoms with Crippen molar-refractivity contribution < 1.29 is 0 Å². The first-order valence-corrected chi connectivity index (χ1v) is 11.8. The summed E-state index contributed by atoms with van der Waals surface area (Å²) in [6.07, 6.45) is 14.4. The third kappa shape index (κ3) is 4.14. The Morgan fingerprint density at radius 2 is 0.900 bits per heavy atom. The molecule has 0 radical (unpaired) electrons. The van der Waals surface area contributed by atoms with Gasteiger partial charge in [-0.05, 0) is 90.2 Å². The third-order valence-corrected chi connectivity index (χ3v) is 7.12. The second-order valence-corrected chi connectivity index (χ2v) is 9.04. The Morgan fingerprint density at radius 1 is 0.533 bits per heavy atom. The van der Waals surface area contributed by atoms with Crippen molar-refractivity contribution in [3.8, 4) is 0 Å². The highest BCUT2D eigenvalue weighted by Gasteiger charge is 2.19. The summed E-state index contributed by atoms with van der Waals surface area (Å²) in [5.41, 5.74) is 9.84. The summed E-state index contributed by atoms with van der Waals surface area (Å²) in [5.74, 6) is 0. The summed E-state index contributed by atoms with van der Waals surface area (Å²) in [6.45, 7) is 8.75. The molecule has 30 heavy (non-hydrogen) atoms. The van der Waals surface area contributed by atoms with Gasteiger partial charge in [0.25, 0.3) is 0 Å². The summed E-state index contributed by atoms with van der Waals surface area (Å²) in [6, 6.07) is 0. The highest BCUT2D eigenvalue weighted by atomic mass is 15.4. The topological polar surface area (TPSA) is 61.4 Å². The molecule has 2 aliphatic rings. The molecular weight excluding hydrogens is 372 g/mol. The van der Waals surface area contributed by atoms with Gasteiger partial charge in [0.1, 0.15) is 0 Å². The lowest BCUT2D eigenvalue weighted by Gasteiger charge is -2.17. The third-order valence-electron chi connectivity index (χ3n) is 7.12. The summed E-state index contributed by atoms with van der Waals surface area (Å²) in [5, 5.41) is 18.2. The SMILES string of the molecule is CC(/C(C)=C(/C)n1nnc2c1CCCCCC2)=C(\C)n1nnc2c1CCCCCC2. The van der Waals surface area contributed by atoms with Gasteiger partial charge < -0.3 is 0 Å². The van der Waals surface area contributed by atoms with Crippen molar-refractivity contribution in [2.45, 2.75) is 105 Å². The van der Waals surface area contributed by atoms with Gasteiger partial charge in [-0.2, -0.15) is 0 Å². The molecule has 2 aromatic heterocycles. The molecule has 0 bridgehead atoms. The van der Waals surface area contributed by atoms with Gasteiger partial charge in [0.05, 0.1) is 22.8 Å². The Hall–Kier alpha value is -2.24. The van der Waals surface area contributed by atoms with E-state index in [2.05, 4.69) is 57.7 Å². The van der Waals surface area contributed by atoms with E-state index in [0.717, 1.165) is 25.7 Å². The molecule has 0 saturated carbocycles. The molecule has 0 aromatic carbocycles. The Balaban J connectivity index is 1.69. The number of allylic oxidation sites excluding steroid dienone is 4. The maximum atomic E-state index is 4.55. The highest BCUT2D eigenvalue weighted by molar-refractivity contribution is 5.64. The smallest absolute Gasteiger partial charge is 0.0863 e. The Labute approximate surface area is 180 Å². The van der Waals surface area contributed by atoms with Gasteiger partial charge in [0, 0.05) is 11.4 Å². The summed E-state index contributed by atoms with van der Waals surface area (Å²) in [7, 11) is 0. The van der Waals surface area contributed by atoms with Crippen LogP contribution in [0.1, 0.15) is 102 Å². The van der Waals surface area contributed by atoms with E-state index in [0.29, 0.717) is 0 Å².